The number of amides is 1. The molecule has 1 fully saturated rings. The minimum absolute atomic E-state index is 0.121. The number of benzene rings is 4. The summed E-state index contributed by atoms with van der Waals surface area (Å²) < 4.78 is 26.7. The number of carbonyl (C=O) groups is 1. The van der Waals surface area contributed by atoms with Gasteiger partial charge < -0.3 is 14.0 Å². The molecule has 4 aromatic carbocycles. The van der Waals surface area contributed by atoms with Gasteiger partial charge in [0.1, 0.15) is 0 Å². The fraction of sp³-hybridized carbons (Fsp3) is 0.282. The monoisotopic (exact) mass is 702 g/mol. The molecule has 12 heteroatoms. The molecule has 4 heterocycles. The fourth-order valence-electron chi connectivity index (χ4n) is 8.34. The summed E-state index contributed by atoms with van der Waals surface area (Å²) in [7, 11) is -3.44. The second-order valence-electron chi connectivity index (χ2n) is 14.1. The number of aromatic amines is 1. The fourth-order valence-corrected chi connectivity index (χ4v) is 10.9. The maximum Gasteiger partial charge on any atom is 0.279 e. The molecule has 1 unspecified atom stereocenters. The Balaban J connectivity index is 1.18. The van der Waals surface area contributed by atoms with Crippen LogP contribution in [-0.2, 0) is 21.7 Å². The van der Waals surface area contributed by atoms with Crippen molar-refractivity contribution in [3.05, 3.63) is 136 Å². The zero-order valence-corrected chi connectivity index (χ0v) is 29.6. The number of aliphatic hydroxyl groups excluding tert-OH is 1. The predicted octanol–water partition coefficient (Wildman–Crippen LogP) is 6.58. The number of aliphatic hydroxyl groups is 1. The number of anilines is 2. The number of H-pyrrole nitrogens is 1. The van der Waals surface area contributed by atoms with Crippen molar-refractivity contribution in [2.45, 2.75) is 56.1 Å². The lowest BCUT2D eigenvalue weighted by Gasteiger charge is -2.31. The molecule has 0 radical (unpaired) electrons. The number of aryl methyl sites for hydroxylation is 1. The van der Waals surface area contributed by atoms with E-state index in [0.717, 1.165) is 5.56 Å². The third kappa shape index (κ3) is 5.36. The normalized spacial score (nSPS) is 22.3. The highest BCUT2D eigenvalue weighted by Gasteiger charge is 2.67. The van der Waals surface area contributed by atoms with Gasteiger partial charge in [0.2, 0.25) is 8.41 Å². The lowest BCUT2D eigenvalue weighted by molar-refractivity contribution is -0.145. The third-order valence-corrected chi connectivity index (χ3v) is 13.1. The Morgan fingerprint density at radius 3 is 2.37 bits per heavy atom. The first-order valence-electron chi connectivity index (χ1n) is 17.3. The second-order valence-corrected chi connectivity index (χ2v) is 17.9. The first-order valence-corrected chi connectivity index (χ1v) is 20.2. The smallest absolute Gasteiger partial charge is 0.279 e. The van der Waals surface area contributed by atoms with Crippen LogP contribution >= 0.6 is 0 Å². The lowest BCUT2D eigenvalue weighted by atomic mass is 9.82. The Labute approximate surface area is 295 Å². The van der Waals surface area contributed by atoms with E-state index in [1.54, 1.807) is 28.7 Å². The van der Waals surface area contributed by atoms with Crippen LogP contribution in [0.4, 0.5) is 15.5 Å². The van der Waals surface area contributed by atoms with Crippen molar-refractivity contribution in [3.63, 3.8) is 0 Å². The molecular formula is C39H39FN6O4Si. The molecule has 0 bridgehead atoms. The average molecular weight is 703 g/mol. The third-order valence-electron chi connectivity index (χ3n) is 10.7. The molecule has 2 aliphatic rings. The first-order chi connectivity index (χ1) is 24.6. The van der Waals surface area contributed by atoms with Gasteiger partial charge in [-0.15, -0.1) is 5.10 Å². The number of halogens is 1. The second kappa shape index (κ2) is 12.6. The van der Waals surface area contributed by atoms with Crippen LogP contribution < -0.4 is 10.5 Å². The maximum atomic E-state index is 16.6. The molecule has 0 aliphatic carbocycles. The van der Waals surface area contributed by atoms with Crippen LogP contribution in [0.1, 0.15) is 36.1 Å². The van der Waals surface area contributed by atoms with Crippen LogP contribution in [0.25, 0.3) is 16.6 Å². The summed E-state index contributed by atoms with van der Waals surface area (Å²) in [6.45, 7) is 5.54. The van der Waals surface area contributed by atoms with Gasteiger partial charge in [0.25, 0.3) is 11.5 Å². The van der Waals surface area contributed by atoms with E-state index >= 15 is 4.11 Å². The van der Waals surface area contributed by atoms with E-state index in [1.165, 1.54) is 4.68 Å². The number of rotatable bonds is 9. The summed E-state index contributed by atoms with van der Waals surface area (Å²) in [6.07, 6.45) is 1.60. The summed E-state index contributed by atoms with van der Waals surface area (Å²) in [5.41, 5.74) is 2.51. The summed E-state index contributed by atoms with van der Waals surface area (Å²) in [5, 5.41) is 22.6. The van der Waals surface area contributed by atoms with Crippen LogP contribution in [0.3, 0.4) is 0 Å². The molecule has 5 atom stereocenters. The summed E-state index contributed by atoms with van der Waals surface area (Å²) >= 11 is 0. The Morgan fingerprint density at radius 2 is 1.67 bits per heavy atom. The highest BCUT2D eigenvalue weighted by atomic mass is 28.4. The Morgan fingerprint density at radius 1 is 0.961 bits per heavy atom. The van der Waals surface area contributed by atoms with Crippen LogP contribution in [0.15, 0.2) is 114 Å². The minimum Gasteiger partial charge on any atom is -0.395 e. The van der Waals surface area contributed by atoms with Gasteiger partial charge in [0.15, 0.2) is 5.60 Å². The van der Waals surface area contributed by atoms with Crippen molar-refractivity contribution in [1.82, 2.24) is 24.8 Å². The Kier molecular flexibility index (Phi) is 8.12. The maximum absolute atomic E-state index is 16.6. The van der Waals surface area contributed by atoms with Gasteiger partial charge in [-0.05, 0) is 67.5 Å². The molecule has 1 saturated heterocycles. The molecule has 2 aromatic heterocycles. The van der Waals surface area contributed by atoms with Crippen molar-refractivity contribution in [1.29, 1.82) is 0 Å². The van der Waals surface area contributed by atoms with Crippen molar-refractivity contribution in [2.24, 2.45) is 5.92 Å². The highest BCUT2D eigenvalue weighted by molar-refractivity contribution is 6.72. The molecule has 6 aromatic rings. The average Bonchev–Trinajstić information content (AvgIpc) is 3.88. The molecule has 260 valence electrons. The minimum atomic E-state index is -3.44. The number of fused-ring (bicyclic) bond motifs is 3. The van der Waals surface area contributed by atoms with Gasteiger partial charge in [-0.2, -0.15) is 0 Å². The molecule has 2 aliphatic heterocycles. The van der Waals surface area contributed by atoms with E-state index in [9.17, 15) is 14.7 Å². The number of para-hydroxylation sites is 2. The highest BCUT2D eigenvalue weighted by Crippen LogP contribution is 2.61. The predicted molar refractivity (Wildman–Crippen MR) is 196 cm³/mol. The van der Waals surface area contributed by atoms with Crippen LogP contribution in [0.5, 0.6) is 0 Å². The zero-order valence-electron chi connectivity index (χ0n) is 28.6. The number of nitrogens with one attached hydrogen (secondary N) is 1. The van der Waals surface area contributed by atoms with Gasteiger partial charge in [-0.25, -0.2) is 4.68 Å². The largest absolute Gasteiger partial charge is 0.395 e. The number of aromatic nitrogens is 5. The van der Waals surface area contributed by atoms with E-state index in [1.807, 2.05) is 110 Å². The quantitative estimate of drug-likeness (QED) is 0.130. The van der Waals surface area contributed by atoms with Gasteiger partial charge >= 0.3 is 0 Å². The van der Waals surface area contributed by atoms with Crippen molar-refractivity contribution in [2.75, 3.05) is 11.5 Å². The molecule has 1 spiro atoms. The molecule has 10 nitrogen and oxygen atoms in total. The van der Waals surface area contributed by atoms with Crippen molar-refractivity contribution in [3.8, 4) is 5.69 Å². The van der Waals surface area contributed by atoms with Crippen LogP contribution in [0.2, 0.25) is 18.6 Å². The van der Waals surface area contributed by atoms with Crippen LogP contribution in [0, 0.1) is 5.92 Å². The van der Waals surface area contributed by atoms with Gasteiger partial charge in [-0.1, -0.05) is 72.8 Å². The number of hydrogen-bond donors (Lipinski definition) is 2. The molecule has 8 rings (SSSR count). The zero-order chi connectivity index (χ0) is 35.5. The SMILES string of the molecule is C[C@H]1[C@H]([Si](C)(C)F)[C@@H](CCn2cc(C(CO)c3ccccc3)nn2)O[C@]12C(=O)N(c1ccccc1)c1ccc(-n3[nH]c4ccccc4c3=O)cc12. The van der Waals surface area contributed by atoms with Crippen LogP contribution in [-0.4, -0.2) is 56.9 Å². The van der Waals surface area contributed by atoms with E-state index in [-0.39, 0.29) is 24.0 Å². The van der Waals surface area contributed by atoms with Gasteiger partial charge in [-0.3, -0.25) is 24.3 Å². The Bertz CT molecular complexity index is 2280. The molecule has 0 saturated carbocycles. The topological polar surface area (TPSA) is 118 Å². The van der Waals surface area contributed by atoms with E-state index in [2.05, 4.69) is 15.4 Å². The van der Waals surface area contributed by atoms with E-state index in [4.69, 9.17) is 4.74 Å². The molecule has 2 N–H and O–H groups in total. The standard InChI is InChI=1S/C39H39FN6O4Si/c1-25-36(51(2,3)40)35(20-21-44-23-33(41-43-44)30(24-47)26-12-6-4-7-13-26)50-39(25)31-22-28(46-37(48)29-16-10-11-17-32(29)42-46)18-19-34(31)45(38(39)49)27-14-8-5-9-15-27/h4-19,22-23,25,30,35-36,42,47H,20-21,24H2,1-3H3/t25-,30?,35+,36-,39+/m0/s1. The van der Waals surface area contributed by atoms with E-state index in [0.29, 0.717) is 52.2 Å². The van der Waals surface area contributed by atoms with Gasteiger partial charge in [0.05, 0.1) is 46.6 Å². The molecule has 51 heavy (non-hydrogen) atoms. The number of carbonyl (C=O) groups excluding carboxylic acids is 1. The summed E-state index contributed by atoms with van der Waals surface area (Å²) in [5.74, 6) is -1.13. The number of hydrogen-bond acceptors (Lipinski definition) is 6. The summed E-state index contributed by atoms with van der Waals surface area (Å²) in [4.78, 5) is 30.1. The lowest BCUT2D eigenvalue weighted by Crippen LogP contribution is -2.44. The van der Waals surface area contributed by atoms with Gasteiger partial charge in [0, 0.05) is 35.5 Å². The number of nitrogens with zero attached hydrogens (tertiary/aromatic N) is 5. The van der Waals surface area contributed by atoms with E-state index < -0.39 is 31.6 Å². The molecular weight excluding hydrogens is 664 g/mol. The van der Waals surface area contributed by atoms with Crippen molar-refractivity contribution >= 4 is 36.6 Å². The molecule has 1 amide bonds. The summed E-state index contributed by atoms with van der Waals surface area (Å²) in [6, 6.07) is 31.8. The Hall–Kier alpha value is -5.17. The van der Waals surface area contributed by atoms with Crippen molar-refractivity contribution < 1.29 is 18.7 Å². The first kappa shape index (κ1) is 33.0. The number of ether oxygens (including phenoxy) is 1.